The van der Waals surface area contributed by atoms with Crippen molar-refractivity contribution >= 4 is 23.3 Å². The van der Waals surface area contributed by atoms with Crippen LogP contribution >= 0.6 is 11.8 Å². The third-order valence-electron chi connectivity index (χ3n) is 2.39. The molecule has 0 saturated carbocycles. The summed E-state index contributed by atoms with van der Waals surface area (Å²) in [4.78, 5) is 24.3. The summed E-state index contributed by atoms with van der Waals surface area (Å²) in [5.74, 6) is -0.167. The first kappa shape index (κ1) is 13.0. The van der Waals surface area contributed by atoms with Gasteiger partial charge < -0.3 is 0 Å². The Hall–Kier alpha value is -1.09. The summed E-state index contributed by atoms with van der Waals surface area (Å²) in [6.45, 7) is 3.62. The lowest BCUT2D eigenvalue weighted by Crippen LogP contribution is -2.13. The molecule has 0 unspecified atom stereocenters. The Morgan fingerprint density at radius 3 is 2.19 bits per heavy atom. The number of hydrogen-bond acceptors (Lipinski definition) is 3. The quantitative estimate of drug-likeness (QED) is 0.447. The second kappa shape index (κ2) is 5.85. The molecule has 0 aliphatic carbocycles. The van der Waals surface area contributed by atoms with Gasteiger partial charge in [-0.3, -0.25) is 9.59 Å². The maximum Gasteiger partial charge on any atom is 0.170 e. The highest BCUT2D eigenvalue weighted by molar-refractivity contribution is 7.98. The predicted octanol–water partition coefficient (Wildman–Crippen LogP) is 3.21. The molecular weight excluding hydrogens is 220 g/mol. The summed E-state index contributed by atoms with van der Waals surface area (Å²) in [5.41, 5.74) is 0.617. The van der Waals surface area contributed by atoms with Crippen LogP contribution in [0.1, 0.15) is 30.6 Å². The minimum absolute atomic E-state index is 0.000979. The molecule has 0 aromatic heterocycles. The minimum atomic E-state index is -0.0913. The highest BCUT2D eigenvalue weighted by Gasteiger charge is 2.14. The van der Waals surface area contributed by atoms with E-state index in [1.54, 1.807) is 23.9 Å². The van der Waals surface area contributed by atoms with Gasteiger partial charge >= 0.3 is 0 Å². The molecule has 0 N–H and O–H groups in total. The molecule has 0 saturated heterocycles. The van der Waals surface area contributed by atoms with Crippen LogP contribution < -0.4 is 0 Å². The maximum atomic E-state index is 11.7. The van der Waals surface area contributed by atoms with Crippen molar-refractivity contribution in [1.82, 2.24) is 0 Å². The Morgan fingerprint density at radius 2 is 1.75 bits per heavy atom. The normalized spacial score (nSPS) is 10.5. The highest BCUT2D eigenvalue weighted by Crippen LogP contribution is 2.16. The Bertz CT molecular complexity index is 379. The number of ketones is 2. The average molecular weight is 236 g/mol. The molecule has 3 heteroatoms. The third kappa shape index (κ3) is 3.49. The van der Waals surface area contributed by atoms with Gasteiger partial charge in [0.1, 0.15) is 5.78 Å². The first-order valence-corrected chi connectivity index (χ1v) is 6.47. The number of hydrogen-bond donors (Lipinski definition) is 0. The minimum Gasteiger partial charge on any atom is -0.299 e. The summed E-state index contributed by atoms with van der Waals surface area (Å²) in [7, 11) is 0. The monoisotopic (exact) mass is 236 g/mol. The first-order chi connectivity index (χ1) is 7.54. The lowest BCUT2D eigenvalue weighted by Gasteiger charge is -2.04. The number of carbonyl (C=O) groups excluding carboxylic acids is 2. The molecule has 0 radical (unpaired) electrons. The topological polar surface area (TPSA) is 34.1 Å². The van der Waals surface area contributed by atoms with Crippen molar-refractivity contribution in [3.63, 3.8) is 0 Å². The number of carbonyl (C=O) groups is 2. The zero-order valence-corrected chi connectivity index (χ0v) is 10.6. The number of benzene rings is 1. The van der Waals surface area contributed by atoms with Crippen LogP contribution in [0, 0.1) is 5.92 Å². The van der Waals surface area contributed by atoms with Gasteiger partial charge in [0, 0.05) is 16.4 Å². The summed E-state index contributed by atoms with van der Waals surface area (Å²) >= 11 is 1.63. The first-order valence-electron chi connectivity index (χ1n) is 5.24. The van der Waals surface area contributed by atoms with Crippen LogP contribution in [0.4, 0.5) is 0 Å². The van der Waals surface area contributed by atoms with Crippen LogP contribution in [-0.2, 0) is 4.79 Å². The van der Waals surface area contributed by atoms with Gasteiger partial charge in [-0.15, -0.1) is 11.8 Å². The van der Waals surface area contributed by atoms with E-state index in [0.717, 1.165) is 4.90 Å². The fourth-order valence-electron chi connectivity index (χ4n) is 1.24. The van der Waals surface area contributed by atoms with Crippen LogP contribution in [-0.4, -0.2) is 17.8 Å². The second-order valence-electron chi connectivity index (χ2n) is 3.95. The van der Waals surface area contributed by atoms with Crippen molar-refractivity contribution in [2.24, 2.45) is 5.92 Å². The lowest BCUT2D eigenvalue weighted by atomic mass is 10.00. The second-order valence-corrected chi connectivity index (χ2v) is 4.83. The Kier molecular flexibility index (Phi) is 4.74. The summed E-state index contributed by atoms with van der Waals surface area (Å²) in [6, 6.07) is 7.36. The van der Waals surface area contributed by atoms with Gasteiger partial charge in [0.05, 0.1) is 6.42 Å². The van der Waals surface area contributed by atoms with E-state index in [0.29, 0.717) is 5.56 Å². The Morgan fingerprint density at radius 1 is 1.19 bits per heavy atom. The van der Waals surface area contributed by atoms with E-state index in [4.69, 9.17) is 0 Å². The molecule has 1 aromatic carbocycles. The van der Waals surface area contributed by atoms with Gasteiger partial charge in [-0.1, -0.05) is 26.0 Å². The number of rotatable bonds is 5. The van der Waals surface area contributed by atoms with Gasteiger partial charge in [-0.25, -0.2) is 0 Å². The molecule has 16 heavy (non-hydrogen) atoms. The van der Waals surface area contributed by atoms with Gasteiger partial charge in [0.15, 0.2) is 5.78 Å². The highest BCUT2D eigenvalue weighted by atomic mass is 32.2. The van der Waals surface area contributed by atoms with E-state index in [9.17, 15) is 9.59 Å². The molecule has 0 bridgehead atoms. The van der Waals surface area contributed by atoms with E-state index < -0.39 is 0 Å². The molecule has 0 aliphatic rings. The van der Waals surface area contributed by atoms with Crippen LogP contribution in [0.3, 0.4) is 0 Å². The van der Waals surface area contributed by atoms with Gasteiger partial charge in [0.2, 0.25) is 0 Å². The van der Waals surface area contributed by atoms with Crippen LogP contribution in [0.15, 0.2) is 29.2 Å². The molecule has 0 amide bonds. The van der Waals surface area contributed by atoms with E-state index in [2.05, 4.69) is 0 Å². The fraction of sp³-hybridized carbons (Fsp3) is 0.385. The van der Waals surface area contributed by atoms with Crippen molar-refractivity contribution < 1.29 is 9.59 Å². The molecular formula is C13H16O2S. The molecule has 1 aromatic rings. The van der Waals surface area contributed by atoms with E-state index in [1.165, 1.54) is 0 Å². The standard InChI is InChI=1S/C13H16O2S/c1-9(2)12(14)8-13(15)10-4-6-11(16-3)7-5-10/h4-7,9H,8H2,1-3H3. The largest absolute Gasteiger partial charge is 0.299 e. The third-order valence-corrected chi connectivity index (χ3v) is 3.13. The van der Waals surface area contributed by atoms with E-state index >= 15 is 0 Å². The number of Topliss-reactive ketones (excluding diaryl/α,β-unsaturated/α-hetero) is 2. The SMILES string of the molecule is CSc1ccc(C(=O)CC(=O)C(C)C)cc1. The van der Waals surface area contributed by atoms with Crippen molar-refractivity contribution in [3.05, 3.63) is 29.8 Å². The van der Waals surface area contributed by atoms with Crippen molar-refractivity contribution in [3.8, 4) is 0 Å². The maximum absolute atomic E-state index is 11.7. The molecule has 86 valence electrons. The smallest absolute Gasteiger partial charge is 0.170 e. The Labute approximate surface area is 100 Å². The van der Waals surface area contributed by atoms with Crippen LogP contribution in [0.5, 0.6) is 0 Å². The van der Waals surface area contributed by atoms with E-state index in [-0.39, 0.29) is 23.9 Å². The molecule has 0 aliphatic heterocycles. The zero-order chi connectivity index (χ0) is 12.1. The van der Waals surface area contributed by atoms with E-state index in [1.807, 2.05) is 32.2 Å². The zero-order valence-electron chi connectivity index (χ0n) is 9.82. The number of thioether (sulfide) groups is 1. The lowest BCUT2D eigenvalue weighted by molar-refractivity contribution is -0.121. The summed E-state index contributed by atoms with van der Waals surface area (Å²) in [6.07, 6.45) is 2.00. The van der Waals surface area contributed by atoms with Crippen molar-refractivity contribution in [2.45, 2.75) is 25.2 Å². The van der Waals surface area contributed by atoms with Gasteiger partial charge in [0.25, 0.3) is 0 Å². The molecule has 0 atom stereocenters. The van der Waals surface area contributed by atoms with Gasteiger partial charge in [-0.05, 0) is 18.4 Å². The van der Waals surface area contributed by atoms with Gasteiger partial charge in [-0.2, -0.15) is 0 Å². The molecule has 2 nitrogen and oxygen atoms in total. The molecule has 0 fully saturated rings. The molecule has 0 heterocycles. The summed E-state index contributed by atoms with van der Waals surface area (Å²) in [5, 5.41) is 0. The average Bonchev–Trinajstić information content (AvgIpc) is 2.28. The van der Waals surface area contributed by atoms with Crippen LogP contribution in [0.25, 0.3) is 0 Å². The Balaban J connectivity index is 2.70. The van der Waals surface area contributed by atoms with Crippen LogP contribution in [0.2, 0.25) is 0 Å². The van der Waals surface area contributed by atoms with Crippen molar-refractivity contribution in [2.75, 3.05) is 6.26 Å². The van der Waals surface area contributed by atoms with Crippen molar-refractivity contribution in [1.29, 1.82) is 0 Å². The molecule has 1 rings (SSSR count). The fourth-order valence-corrected chi connectivity index (χ4v) is 1.65. The summed E-state index contributed by atoms with van der Waals surface area (Å²) < 4.78 is 0. The predicted molar refractivity (Wildman–Crippen MR) is 67.0 cm³/mol. The molecule has 0 spiro atoms.